The summed E-state index contributed by atoms with van der Waals surface area (Å²) in [7, 11) is -1.91. The number of sulfone groups is 1. The maximum absolute atomic E-state index is 13.2. The van der Waals surface area contributed by atoms with Crippen molar-refractivity contribution in [2.75, 3.05) is 25.3 Å². The van der Waals surface area contributed by atoms with Gasteiger partial charge in [0.2, 0.25) is 0 Å². The first-order chi connectivity index (χ1) is 11.6. The van der Waals surface area contributed by atoms with Crippen LogP contribution < -0.4 is 5.32 Å². The zero-order valence-corrected chi connectivity index (χ0v) is 15.1. The summed E-state index contributed by atoms with van der Waals surface area (Å²) < 4.78 is 55.8. The molecular formula is C15H20F2N4O3S. The van der Waals surface area contributed by atoms with Crippen LogP contribution in [-0.4, -0.2) is 49.2 Å². The number of ether oxygens (including phenoxy) is 1. The van der Waals surface area contributed by atoms with Crippen molar-refractivity contribution in [1.29, 1.82) is 0 Å². The lowest BCUT2D eigenvalue weighted by Crippen LogP contribution is -2.23. The fraction of sp³-hybridized carbons (Fsp3) is 0.467. The summed E-state index contributed by atoms with van der Waals surface area (Å²) in [5.41, 5.74) is 0.332. The van der Waals surface area contributed by atoms with Crippen LogP contribution in [0.4, 0.5) is 14.6 Å². The molecule has 10 heteroatoms. The minimum atomic E-state index is -3.45. The summed E-state index contributed by atoms with van der Waals surface area (Å²) >= 11 is 0. The Balaban J connectivity index is 2.50. The van der Waals surface area contributed by atoms with E-state index in [0.717, 1.165) is 6.26 Å². The van der Waals surface area contributed by atoms with E-state index in [-0.39, 0.29) is 16.8 Å². The molecule has 0 radical (unpaired) electrons. The molecule has 0 spiro atoms. The van der Waals surface area contributed by atoms with Crippen molar-refractivity contribution in [3.63, 3.8) is 0 Å². The summed E-state index contributed by atoms with van der Waals surface area (Å²) in [5.74, 6) is 0.383. The summed E-state index contributed by atoms with van der Waals surface area (Å²) in [4.78, 5) is 3.88. The van der Waals surface area contributed by atoms with Crippen molar-refractivity contribution in [1.82, 2.24) is 14.8 Å². The second-order valence-corrected chi connectivity index (χ2v) is 7.66. The number of hydrogen-bond acceptors (Lipinski definition) is 6. The fourth-order valence-electron chi connectivity index (χ4n) is 2.32. The topological polar surface area (TPSA) is 86.1 Å². The number of hydrogen-bond donors (Lipinski definition) is 1. The van der Waals surface area contributed by atoms with E-state index >= 15 is 0 Å². The number of alkyl halides is 2. The number of methoxy groups -OCH3 is 1. The van der Waals surface area contributed by atoms with E-state index in [0.29, 0.717) is 23.7 Å². The van der Waals surface area contributed by atoms with Gasteiger partial charge in [-0.3, -0.25) is 0 Å². The van der Waals surface area contributed by atoms with Crippen molar-refractivity contribution in [2.24, 2.45) is 0 Å². The largest absolute Gasteiger partial charge is 0.383 e. The summed E-state index contributed by atoms with van der Waals surface area (Å²) in [6, 6.07) is 2.64. The predicted octanol–water partition coefficient (Wildman–Crippen LogP) is 2.36. The molecule has 2 aromatic rings. The SMILES string of the molecule is COCC(C)Nc1c(C)c(C(F)F)nn1-c1ccc(S(C)(=O)=O)nc1. The number of rotatable bonds is 7. The molecule has 2 aromatic heterocycles. The highest BCUT2D eigenvalue weighted by Crippen LogP contribution is 2.30. The van der Waals surface area contributed by atoms with Crippen LogP contribution in [0.3, 0.4) is 0 Å². The Bertz CT molecular complexity index is 835. The molecular weight excluding hydrogens is 354 g/mol. The molecule has 0 aromatic carbocycles. The summed E-state index contributed by atoms with van der Waals surface area (Å²) in [5, 5.41) is 6.95. The second kappa shape index (κ2) is 7.44. The highest BCUT2D eigenvalue weighted by molar-refractivity contribution is 7.90. The molecule has 0 fully saturated rings. The third-order valence-corrected chi connectivity index (χ3v) is 4.51. The van der Waals surface area contributed by atoms with Crippen LogP contribution in [0.2, 0.25) is 0 Å². The monoisotopic (exact) mass is 374 g/mol. The molecule has 138 valence electrons. The lowest BCUT2D eigenvalue weighted by molar-refractivity contribution is 0.145. The predicted molar refractivity (Wildman–Crippen MR) is 89.1 cm³/mol. The van der Waals surface area contributed by atoms with E-state index < -0.39 is 16.3 Å². The van der Waals surface area contributed by atoms with Crippen LogP contribution in [0, 0.1) is 6.92 Å². The number of halogens is 2. The van der Waals surface area contributed by atoms with Gasteiger partial charge in [-0.15, -0.1) is 0 Å². The van der Waals surface area contributed by atoms with E-state index in [1.54, 1.807) is 14.0 Å². The fourth-order valence-corrected chi connectivity index (χ4v) is 2.88. The van der Waals surface area contributed by atoms with Gasteiger partial charge in [0, 0.05) is 25.0 Å². The molecule has 1 unspecified atom stereocenters. The smallest absolute Gasteiger partial charge is 0.282 e. The van der Waals surface area contributed by atoms with Gasteiger partial charge in [0.25, 0.3) is 6.43 Å². The van der Waals surface area contributed by atoms with Crippen LogP contribution in [0.25, 0.3) is 5.69 Å². The number of pyridine rings is 1. The molecule has 0 amide bonds. The third-order valence-electron chi connectivity index (χ3n) is 3.51. The highest BCUT2D eigenvalue weighted by atomic mass is 32.2. The Labute approximate surface area is 144 Å². The van der Waals surface area contributed by atoms with Gasteiger partial charge in [0.15, 0.2) is 14.9 Å². The molecule has 2 rings (SSSR count). The number of nitrogens with one attached hydrogen (secondary N) is 1. The second-order valence-electron chi connectivity index (χ2n) is 5.70. The van der Waals surface area contributed by atoms with Crippen molar-refractivity contribution in [3.05, 3.63) is 29.6 Å². The summed E-state index contributed by atoms with van der Waals surface area (Å²) in [6.07, 6.45) is -0.409. The van der Waals surface area contributed by atoms with E-state index in [1.807, 2.05) is 6.92 Å². The molecule has 0 aliphatic rings. The molecule has 0 saturated carbocycles. The van der Waals surface area contributed by atoms with Gasteiger partial charge in [-0.25, -0.2) is 26.9 Å². The molecule has 1 N–H and O–H groups in total. The Kier molecular flexibility index (Phi) is 5.73. The molecule has 0 bridgehead atoms. The van der Waals surface area contributed by atoms with Crippen LogP contribution in [0.15, 0.2) is 23.4 Å². The lowest BCUT2D eigenvalue weighted by Gasteiger charge is -2.16. The number of aromatic nitrogens is 3. The molecule has 2 heterocycles. The maximum Gasteiger partial charge on any atom is 0.282 e. The van der Waals surface area contributed by atoms with Crippen LogP contribution in [0.1, 0.15) is 24.6 Å². The standard InChI is InChI=1S/C15H20F2N4O3S/c1-9(8-24-3)19-15-10(2)13(14(16)17)20-21(15)11-5-6-12(18-7-11)25(4,22)23/h5-7,9,14,19H,8H2,1-4H3. The van der Waals surface area contributed by atoms with Gasteiger partial charge in [0.05, 0.1) is 18.5 Å². The van der Waals surface area contributed by atoms with E-state index in [9.17, 15) is 17.2 Å². The molecule has 25 heavy (non-hydrogen) atoms. The zero-order valence-electron chi connectivity index (χ0n) is 14.3. The summed E-state index contributed by atoms with van der Waals surface area (Å²) in [6.45, 7) is 3.76. The lowest BCUT2D eigenvalue weighted by atomic mass is 10.2. The van der Waals surface area contributed by atoms with Crippen molar-refractivity contribution < 1.29 is 21.9 Å². The first kappa shape index (κ1) is 19.3. The molecule has 0 saturated heterocycles. The van der Waals surface area contributed by atoms with Crippen LogP contribution >= 0.6 is 0 Å². The van der Waals surface area contributed by atoms with E-state index in [1.165, 1.54) is 23.0 Å². The Morgan fingerprint density at radius 2 is 2.04 bits per heavy atom. The first-order valence-corrected chi connectivity index (χ1v) is 9.34. The maximum atomic E-state index is 13.2. The van der Waals surface area contributed by atoms with Gasteiger partial charge in [-0.1, -0.05) is 0 Å². The minimum Gasteiger partial charge on any atom is -0.383 e. The molecule has 0 aliphatic carbocycles. The number of anilines is 1. The van der Waals surface area contributed by atoms with E-state index in [2.05, 4.69) is 15.4 Å². The van der Waals surface area contributed by atoms with Crippen molar-refractivity contribution >= 4 is 15.7 Å². The van der Waals surface area contributed by atoms with Gasteiger partial charge < -0.3 is 10.1 Å². The average Bonchev–Trinajstić information content (AvgIpc) is 2.84. The van der Waals surface area contributed by atoms with Crippen LogP contribution in [-0.2, 0) is 14.6 Å². The Morgan fingerprint density at radius 3 is 2.52 bits per heavy atom. The molecule has 0 aliphatic heterocycles. The van der Waals surface area contributed by atoms with Gasteiger partial charge >= 0.3 is 0 Å². The molecule has 1 atom stereocenters. The van der Waals surface area contributed by atoms with Gasteiger partial charge in [-0.05, 0) is 26.0 Å². The number of nitrogens with zero attached hydrogens (tertiary/aromatic N) is 3. The Morgan fingerprint density at radius 1 is 1.36 bits per heavy atom. The minimum absolute atomic E-state index is 0.100. The normalized spacial score (nSPS) is 13.2. The third kappa shape index (κ3) is 4.31. The highest BCUT2D eigenvalue weighted by Gasteiger charge is 2.23. The van der Waals surface area contributed by atoms with Crippen molar-refractivity contribution in [3.8, 4) is 5.69 Å². The van der Waals surface area contributed by atoms with Crippen molar-refractivity contribution in [2.45, 2.75) is 31.3 Å². The van der Waals surface area contributed by atoms with E-state index in [4.69, 9.17) is 4.74 Å². The van der Waals surface area contributed by atoms with Gasteiger partial charge in [0.1, 0.15) is 11.5 Å². The first-order valence-electron chi connectivity index (χ1n) is 7.44. The van der Waals surface area contributed by atoms with Gasteiger partial charge in [-0.2, -0.15) is 5.10 Å². The Hall–Kier alpha value is -2.07. The zero-order chi connectivity index (χ0) is 18.8. The quantitative estimate of drug-likeness (QED) is 0.801. The molecule has 7 nitrogen and oxygen atoms in total. The van der Waals surface area contributed by atoms with Crippen LogP contribution in [0.5, 0.6) is 0 Å². The average molecular weight is 374 g/mol.